The van der Waals surface area contributed by atoms with Gasteiger partial charge in [0.15, 0.2) is 18.0 Å². The second kappa shape index (κ2) is 12.0. The highest BCUT2D eigenvalue weighted by Crippen LogP contribution is 2.52. The summed E-state index contributed by atoms with van der Waals surface area (Å²) in [5.74, 6) is -4.15. The smallest absolute Gasteiger partial charge is 0.459 e. The molecule has 0 amide bonds. The summed E-state index contributed by atoms with van der Waals surface area (Å²) in [6, 6.07) is 10.5. The molecule has 6 atom stereocenters. The van der Waals surface area contributed by atoms with Crippen molar-refractivity contribution in [1.29, 1.82) is 0 Å². The third-order valence-corrected chi connectivity index (χ3v) is 8.54. The summed E-state index contributed by atoms with van der Waals surface area (Å²) in [5, 5.41) is 14.2. The molecule has 0 spiro atoms. The average Bonchev–Trinajstić information content (AvgIpc) is 3.09. The molecule has 4 rings (SSSR count). The minimum Gasteiger partial charge on any atom is -0.462 e. The van der Waals surface area contributed by atoms with Crippen molar-refractivity contribution < 1.29 is 41.8 Å². The highest BCUT2D eigenvalue weighted by molar-refractivity contribution is 9.10. The molecule has 2 aromatic carbocycles. The molecule has 3 aromatic rings. The van der Waals surface area contributed by atoms with Crippen molar-refractivity contribution in [2.45, 2.75) is 63.7 Å². The zero-order chi connectivity index (χ0) is 31.0. The summed E-state index contributed by atoms with van der Waals surface area (Å²) in [7, 11) is -4.71. The van der Waals surface area contributed by atoms with Gasteiger partial charge in [-0.1, -0.05) is 36.4 Å². The minimum absolute atomic E-state index is 0.0482. The Morgan fingerprint density at radius 1 is 1.21 bits per heavy atom. The Bertz CT molecular complexity index is 1640. The molecule has 3 N–H and O–H groups in total. The van der Waals surface area contributed by atoms with Gasteiger partial charge in [-0.25, -0.2) is 18.1 Å². The zero-order valence-electron chi connectivity index (χ0n) is 22.9. The number of alkyl halides is 2. The molecule has 228 valence electrons. The van der Waals surface area contributed by atoms with E-state index < -0.39 is 67.6 Å². The number of esters is 1. The van der Waals surface area contributed by atoms with Crippen molar-refractivity contribution in [3.05, 3.63) is 74.0 Å². The van der Waals surface area contributed by atoms with Crippen LogP contribution in [0.4, 0.5) is 8.78 Å². The number of carbonyl (C=O) groups excluding carboxylic acids is 1. The number of aliphatic hydroxyl groups excluding tert-OH is 1. The first kappa shape index (κ1) is 32.0. The van der Waals surface area contributed by atoms with Crippen LogP contribution in [0.25, 0.3) is 10.8 Å². The molecule has 1 fully saturated rings. The topological polar surface area (TPSA) is 158 Å². The van der Waals surface area contributed by atoms with Crippen molar-refractivity contribution in [2.24, 2.45) is 0 Å². The van der Waals surface area contributed by atoms with Crippen LogP contribution >= 0.6 is 23.7 Å². The standard InChI is InChI=1S/C26H29BrF2N3O9P/c1-14(2)39-21(34)15(3)31-42(37,41-19-11-7-9-16-8-5-6-10-17(16)19)38-13-26(29)22(35)25(4,28)23(40-26)32-12-18(27)20(33)30-24(32)36/h5-12,14-15,22-23,35H,13H2,1-4H3,(H,31,37)(H,30,33,36)/t15?,22?,23-,25-,26-,42?/m1/s1. The Kier molecular flexibility index (Phi) is 9.12. The van der Waals surface area contributed by atoms with E-state index >= 15 is 8.78 Å². The lowest BCUT2D eigenvalue weighted by Gasteiger charge is -2.28. The molecule has 12 nitrogen and oxygen atoms in total. The molecule has 42 heavy (non-hydrogen) atoms. The number of aromatic amines is 1. The number of nitrogens with one attached hydrogen (secondary N) is 2. The molecule has 1 aliphatic rings. The zero-order valence-corrected chi connectivity index (χ0v) is 25.4. The molecule has 0 bridgehead atoms. The van der Waals surface area contributed by atoms with Crippen LogP contribution in [0, 0.1) is 0 Å². The van der Waals surface area contributed by atoms with Crippen LogP contribution in [-0.4, -0.2) is 57.0 Å². The molecule has 16 heteroatoms. The summed E-state index contributed by atoms with van der Waals surface area (Å²) in [5.41, 5.74) is -4.91. The number of aromatic nitrogens is 2. The first-order chi connectivity index (χ1) is 19.6. The van der Waals surface area contributed by atoms with Gasteiger partial charge < -0.3 is 19.1 Å². The largest absolute Gasteiger partial charge is 0.462 e. The van der Waals surface area contributed by atoms with Gasteiger partial charge >= 0.3 is 19.4 Å². The average molecular weight is 676 g/mol. The molecule has 1 saturated heterocycles. The van der Waals surface area contributed by atoms with Gasteiger partial charge in [0.25, 0.3) is 11.4 Å². The number of hydrogen-bond acceptors (Lipinski definition) is 9. The summed E-state index contributed by atoms with van der Waals surface area (Å²) in [6.07, 6.45) is -4.27. The fourth-order valence-electron chi connectivity index (χ4n) is 4.29. The van der Waals surface area contributed by atoms with E-state index in [0.29, 0.717) is 15.3 Å². The van der Waals surface area contributed by atoms with Crippen LogP contribution < -0.4 is 20.9 Å². The molecule has 0 saturated carbocycles. The third kappa shape index (κ3) is 6.51. The number of nitrogens with zero attached hydrogens (tertiary/aromatic N) is 1. The molecule has 1 aliphatic heterocycles. The molecular weight excluding hydrogens is 647 g/mol. The van der Waals surface area contributed by atoms with Gasteiger partial charge in [0.1, 0.15) is 18.4 Å². The Labute approximate surface area is 246 Å². The van der Waals surface area contributed by atoms with Gasteiger partial charge in [-0.05, 0) is 55.1 Å². The number of H-pyrrole nitrogens is 1. The SMILES string of the molecule is CC(C)OC(=O)C(C)NP(=O)(OC[C@@]1(F)O[C@@H](n2cc(Br)c(=O)[nH]c2=O)[C@](C)(F)C1O)Oc1cccc2ccccc12. The van der Waals surface area contributed by atoms with Crippen LogP contribution in [0.3, 0.4) is 0 Å². The summed E-state index contributed by atoms with van der Waals surface area (Å²) in [6.45, 7) is 3.94. The van der Waals surface area contributed by atoms with Gasteiger partial charge in [0, 0.05) is 11.6 Å². The van der Waals surface area contributed by atoms with E-state index in [4.69, 9.17) is 18.5 Å². The van der Waals surface area contributed by atoms with Crippen LogP contribution in [0.15, 0.2) is 62.7 Å². The highest BCUT2D eigenvalue weighted by Gasteiger charge is 2.65. The Morgan fingerprint density at radius 2 is 1.88 bits per heavy atom. The van der Waals surface area contributed by atoms with Gasteiger partial charge in [-0.15, -0.1) is 0 Å². The molecular formula is C26H29BrF2N3O9P. The van der Waals surface area contributed by atoms with Crippen LogP contribution in [0.5, 0.6) is 5.75 Å². The van der Waals surface area contributed by atoms with Crippen molar-refractivity contribution in [3.8, 4) is 5.75 Å². The predicted octanol–water partition coefficient (Wildman–Crippen LogP) is 3.87. The van der Waals surface area contributed by atoms with E-state index in [1.54, 1.807) is 50.2 Å². The van der Waals surface area contributed by atoms with E-state index in [1.165, 1.54) is 13.0 Å². The minimum atomic E-state index is -4.71. The van der Waals surface area contributed by atoms with Crippen LogP contribution in [0.1, 0.15) is 33.9 Å². The first-order valence-electron chi connectivity index (χ1n) is 12.7. The number of carbonyl (C=O) groups is 1. The van der Waals surface area contributed by atoms with Crippen molar-refractivity contribution in [3.63, 3.8) is 0 Å². The normalized spacial score (nSPS) is 26.2. The number of halogens is 3. The Balaban J connectivity index is 1.65. The third-order valence-electron chi connectivity index (χ3n) is 6.37. The van der Waals surface area contributed by atoms with Gasteiger partial charge in [-0.3, -0.25) is 23.7 Å². The Morgan fingerprint density at radius 3 is 2.57 bits per heavy atom. The van der Waals surface area contributed by atoms with Crippen LogP contribution in [-0.2, 0) is 23.4 Å². The maximum Gasteiger partial charge on any atom is 0.459 e. The van der Waals surface area contributed by atoms with Crippen molar-refractivity contribution >= 4 is 40.4 Å². The molecule has 3 unspecified atom stereocenters. The maximum atomic E-state index is 16.1. The van der Waals surface area contributed by atoms with E-state index in [0.717, 1.165) is 13.1 Å². The molecule has 0 radical (unpaired) electrons. The van der Waals surface area contributed by atoms with Crippen molar-refractivity contribution in [2.75, 3.05) is 6.61 Å². The number of hydrogen-bond donors (Lipinski definition) is 3. The molecule has 0 aliphatic carbocycles. The lowest BCUT2D eigenvalue weighted by Crippen LogP contribution is -2.48. The van der Waals surface area contributed by atoms with E-state index in [-0.39, 0.29) is 10.2 Å². The fraction of sp³-hybridized carbons (Fsp3) is 0.423. The Hall–Kier alpha value is -2.94. The van der Waals surface area contributed by atoms with Crippen LogP contribution in [0.2, 0.25) is 0 Å². The molecule has 1 aromatic heterocycles. The van der Waals surface area contributed by atoms with E-state index in [2.05, 4.69) is 21.0 Å². The summed E-state index contributed by atoms with van der Waals surface area (Å²) < 4.78 is 67.6. The number of benzene rings is 2. The second-order valence-electron chi connectivity index (χ2n) is 10.1. The number of aliphatic hydroxyl groups is 1. The first-order valence-corrected chi connectivity index (χ1v) is 15.0. The second-order valence-corrected chi connectivity index (χ2v) is 12.7. The maximum absolute atomic E-state index is 16.1. The van der Waals surface area contributed by atoms with Gasteiger partial charge in [-0.2, -0.15) is 5.09 Å². The van der Waals surface area contributed by atoms with Gasteiger partial charge in [0.2, 0.25) is 0 Å². The number of ether oxygens (including phenoxy) is 2. The van der Waals surface area contributed by atoms with Crippen molar-refractivity contribution in [1.82, 2.24) is 14.6 Å². The van der Waals surface area contributed by atoms with Gasteiger partial charge in [0.05, 0.1) is 10.6 Å². The number of rotatable bonds is 10. The highest BCUT2D eigenvalue weighted by atomic mass is 79.9. The number of fused-ring (bicyclic) bond motifs is 1. The predicted molar refractivity (Wildman–Crippen MR) is 150 cm³/mol. The lowest BCUT2D eigenvalue weighted by molar-refractivity contribution is -0.204. The lowest BCUT2D eigenvalue weighted by atomic mass is 9.97. The fourth-order valence-corrected chi connectivity index (χ4v) is 6.13. The molecule has 2 heterocycles. The summed E-state index contributed by atoms with van der Waals surface area (Å²) >= 11 is 2.90. The van der Waals surface area contributed by atoms with E-state index in [9.17, 15) is 24.1 Å². The monoisotopic (exact) mass is 675 g/mol. The quantitative estimate of drug-likeness (QED) is 0.213. The van der Waals surface area contributed by atoms with E-state index in [1.807, 2.05) is 4.98 Å². The summed E-state index contributed by atoms with van der Waals surface area (Å²) in [4.78, 5) is 38.5.